The number of hydrogen-bond donors (Lipinski definition) is 0. The van der Waals surface area contributed by atoms with Crippen molar-refractivity contribution in [3.63, 3.8) is 0 Å². The van der Waals surface area contributed by atoms with E-state index in [0.29, 0.717) is 0 Å². The van der Waals surface area contributed by atoms with Crippen LogP contribution in [0.1, 0.15) is 0 Å². The van der Waals surface area contributed by atoms with Gasteiger partial charge in [0.15, 0.2) is 5.65 Å². The van der Waals surface area contributed by atoms with Crippen molar-refractivity contribution >= 4 is 21.9 Å². The summed E-state index contributed by atoms with van der Waals surface area (Å²) in [6.45, 7) is 0. The molecule has 0 aliphatic carbocycles. The Morgan fingerprint density at radius 1 is 0.645 bits per heavy atom. The smallest absolute Gasteiger partial charge is 0.164 e. The van der Waals surface area contributed by atoms with Gasteiger partial charge in [0, 0.05) is 34.3 Å². The van der Waals surface area contributed by atoms with E-state index in [0.717, 1.165) is 50.0 Å². The van der Waals surface area contributed by atoms with Gasteiger partial charge in [0.25, 0.3) is 0 Å². The molecule has 0 atom stereocenters. The minimum atomic E-state index is 0.853. The minimum Gasteiger partial charge on any atom is -0.264 e. The normalized spacial score (nSPS) is 11.2. The molecule has 3 heterocycles. The summed E-state index contributed by atoms with van der Waals surface area (Å²) in [5.41, 5.74) is 7.01. The monoisotopic (exact) mass is 398 g/mol. The predicted molar refractivity (Wildman–Crippen MR) is 125 cm³/mol. The number of nitrogens with zero attached hydrogens (tertiary/aromatic N) is 4. The van der Waals surface area contributed by atoms with Crippen molar-refractivity contribution in [1.29, 1.82) is 0 Å². The van der Waals surface area contributed by atoms with Crippen molar-refractivity contribution in [1.82, 2.24) is 19.7 Å². The Morgan fingerprint density at radius 2 is 1.42 bits per heavy atom. The lowest BCUT2D eigenvalue weighted by atomic mass is 10.0. The highest BCUT2D eigenvalue weighted by Gasteiger charge is 2.16. The number of fused-ring (bicyclic) bond motifs is 2. The zero-order chi connectivity index (χ0) is 20.6. The standard InChI is InChI=1S/C27H18N4/c1-3-8-19(9-4-1)26-24-17-22-16-20(21-10-7-15-28-18-21)13-14-25(22)29-27(24)31(30-26)23-11-5-2-6-12-23/h1-18H. The maximum Gasteiger partial charge on any atom is 0.164 e. The molecule has 0 bridgehead atoms. The maximum atomic E-state index is 5.02. The van der Waals surface area contributed by atoms with Crippen LogP contribution in [0.3, 0.4) is 0 Å². The van der Waals surface area contributed by atoms with Gasteiger partial charge in [0.05, 0.1) is 11.2 Å². The third-order valence-corrected chi connectivity index (χ3v) is 5.49. The molecule has 0 unspecified atom stereocenters. The van der Waals surface area contributed by atoms with Crippen LogP contribution in [0.25, 0.3) is 50.0 Å². The van der Waals surface area contributed by atoms with Gasteiger partial charge in [0.2, 0.25) is 0 Å². The minimum absolute atomic E-state index is 0.853. The van der Waals surface area contributed by atoms with E-state index < -0.39 is 0 Å². The molecule has 146 valence electrons. The molecule has 0 N–H and O–H groups in total. The molecule has 3 aromatic carbocycles. The molecule has 6 aromatic rings. The lowest BCUT2D eigenvalue weighted by molar-refractivity contribution is 0.903. The zero-order valence-corrected chi connectivity index (χ0v) is 16.7. The van der Waals surface area contributed by atoms with Crippen LogP contribution >= 0.6 is 0 Å². The van der Waals surface area contributed by atoms with Gasteiger partial charge >= 0.3 is 0 Å². The molecule has 4 heteroatoms. The third-order valence-electron chi connectivity index (χ3n) is 5.49. The summed E-state index contributed by atoms with van der Waals surface area (Å²) in [7, 11) is 0. The molecule has 0 amide bonds. The summed E-state index contributed by atoms with van der Waals surface area (Å²) in [6.07, 6.45) is 3.68. The molecule has 4 nitrogen and oxygen atoms in total. The summed E-state index contributed by atoms with van der Waals surface area (Å²) in [5, 5.41) is 7.09. The van der Waals surface area contributed by atoms with Crippen LogP contribution in [0, 0.1) is 0 Å². The van der Waals surface area contributed by atoms with Crippen molar-refractivity contribution < 1.29 is 0 Å². The average Bonchev–Trinajstić information content (AvgIpc) is 3.22. The third kappa shape index (κ3) is 3.06. The number of para-hydroxylation sites is 1. The fraction of sp³-hybridized carbons (Fsp3) is 0. The van der Waals surface area contributed by atoms with E-state index in [4.69, 9.17) is 10.1 Å². The van der Waals surface area contributed by atoms with E-state index in [1.54, 1.807) is 6.20 Å². The first-order valence-electron chi connectivity index (χ1n) is 10.2. The summed E-state index contributed by atoms with van der Waals surface area (Å²) < 4.78 is 1.94. The van der Waals surface area contributed by atoms with Gasteiger partial charge in [0.1, 0.15) is 5.69 Å². The Morgan fingerprint density at radius 3 is 2.19 bits per heavy atom. The van der Waals surface area contributed by atoms with Crippen LogP contribution in [0.15, 0.2) is 109 Å². The second-order valence-electron chi connectivity index (χ2n) is 7.47. The van der Waals surface area contributed by atoms with Gasteiger partial charge in [-0.05, 0) is 42.0 Å². The number of benzene rings is 3. The SMILES string of the molecule is c1ccc(-c2nn(-c3ccccc3)c3nc4ccc(-c5cccnc5)cc4cc23)cc1. The lowest BCUT2D eigenvalue weighted by Crippen LogP contribution is -1.97. The summed E-state index contributed by atoms with van der Waals surface area (Å²) in [6, 6.07) is 33.0. The van der Waals surface area contributed by atoms with E-state index in [-0.39, 0.29) is 0 Å². The largest absolute Gasteiger partial charge is 0.264 e. The molecule has 0 fully saturated rings. The van der Waals surface area contributed by atoms with Crippen molar-refractivity contribution in [3.05, 3.63) is 109 Å². The van der Waals surface area contributed by atoms with Gasteiger partial charge in [-0.2, -0.15) is 5.10 Å². The molecule has 0 aliphatic rings. The summed E-state index contributed by atoms with van der Waals surface area (Å²) in [5.74, 6) is 0. The average molecular weight is 398 g/mol. The first-order chi connectivity index (χ1) is 15.4. The summed E-state index contributed by atoms with van der Waals surface area (Å²) >= 11 is 0. The molecule has 0 saturated carbocycles. The fourth-order valence-electron chi connectivity index (χ4n) is 3.97. The van der Waals surface area contributed by atoms with Crippen LogP contribution < -0.4 is 0 Å². The molecular weight excluding hydrogens is 380 g/mol. The van der Waals surface area contributed by atoms with E-state index in [9.17, 15) is 0 Å². The second-order valence-corrected chi connectivity index (χ2v) is 7.47. The van der Waals surface area contributed by atoms with Crippen molar-refractivity contribution in [2.45, 2.75) is 0 Å². The Bertz CT molecular complexity index is 1510. The molecule has 0 radical (unpaired) electrons. The van der Waals surface area contributed by atoms with Crippen LogP contribution in [0.5, 0.6) is 0 Å². The Hall–Kier alpha value is -4.31. The Labute approximate surface area is 179 Å². The zero-order valence-electron chi connectivity index (χ0n) is 16.7. The highest BCUT2D eigenvalue weighted by atomic mass is 15.3. The Kier molecular flexibility index (Phi) is 4.06. The molecular formula is C27H18N4. The molecule has 6 rings (SSSR count). The lowest BCUT2D eigenvalue weighted by Gasteiger charge is -2.06. The van der Waals surface area contributed by atoms with Crippen LogP contribution in [0.4, 0.5) is 0 Å². The first kappa shape index (κ1) is 17.5. The van der Waals surface area contributed by atoms with Gasteiger partial charge < -0.3 is 0 Å². The topological polar surface area (TPSA) is 43.6 Å². The molecule has 31 heavy (non-hydrogen) atoms. The summed E-state index contributed by atoms with van der Waals surface area (Å²) in [4.78, 5) is 9.27. The highest BCUT2D eigenvalue weighted by molar-refractivity contribution is 6.00. The molecule has 0 spiro atoms. The number of pyridine rings is 2. The predicted octanol–water partition coefficient (Wildman–Crippen LogP) is 6.30. The van der Waals surface area contributed by atoms with E-state index >= 15 is 0 Å². The molecule has 3 aromatic heterocycles. The Balaban J connectivity index is 1.64. The van der Waals surface area contributed by atoms with E-state index in [1.807, 2.05) is 53.3 Å². The fourth-order valence-corrected chi connectivity index (χ4v) is 3.97. The number of aromatic nitrogens is 4. The van der Waals surface area contributed by atoms with Gasteiger partial charge in [-0.15, -0.1) is 0 Å². The van der Waals surface area contributed by atoms with Gasteiger partial charge in [-0.3, -0.25) is 4.98 Å². The van der Waals surface area contributed by atoms with Crippen molar-refractivity contribution in [2.24, 2.45) is 0 Å². The van der Waals surface area contributed by atoms with Crippen molar-refractivity contribution in [3.8, 4) is 28.1 Å². The first-order valence-corrected chi connectivity index (χ1v) is 10.2. The van der Waals surface area contributed by atoms with Crippen LogP contribution in [0.2, 0.25) is 0 Å². The van der Waals surface area contributed by atoms with Crippen LogP contribution in [-0.2, 0) is 0 Å². The maximum absolute atomic E-state index is 5.02. The van der Waals surface area contributed by atoms with E-state index in [1.165, 1.54) is 0 Å². The second kappa shape index (κ2) is 7.18. The van der Waals surface area contributed by atoms with Crippen molar-refractivity contribution in [2.75, 3.05) is 0 Å². The van der Waals surface area contributed by atoms with Gasteiger partial charge in [-0.25, -0.2) is 9.67 Å². The number of hydrogen-bond acceptors (Lipinski definition) is 3. The van der Waals surface area contributed by atoms with Gasteiger partial charge in [-0.1, -0.05) is 60.7 Å². The molecule has 0 aliphatic heterocycles. The quantitative estimate of drug-likeness (QED) is 0.351. The highest BCUT2D eigenvalue weighted by Crippen LogP contribution is 2.32. The molecule has 0 saturated heterocycles. The number of rotatable bonds is 3. The van der Waals surface area contributed by atoms with Crippen LogP contribution in [-0.4, -0.2) is 19.7 Å². The van der Waals surface area contributed by atoms with E-state index in [2.05, 4.69) is 59.6 Å².